The predicted octanol–water partition coefficient (Wildman–Crippen LogP) is 2.88. The fraction of sp³-hybridized carbons (Fsp3) is 0.533. The van der Waals surface area contributed by atoms with Gasteiger partial charge in [0, 0.05) is 18.8 Å². The van der Waals surface area contributed by atoms with E-state index in [1.165, 1.54) is 18.6 Å². The number of likely N-dealkylation sites (tertiary alicyclic amines) is 1. The summed E-state index contributed by atoms with van der Waals surface area (Å²) in [5.41, 5.74) is 0.644. The second-order valence-electron chi connectivity index (χ2n) is 5.41. The second kappa shape index (κ2) is 6.04. The molecule has 1 heterocycles. The largest absolute Gasteiger partial charge is 0.374 e. The Labute approximate surface area is 113 Å². The lowest BCUT2D eigenvalue weighted by molar-refractivity contribution is -0.133. The molecule has 0 aromatic heterocycles. The van der Waals surface area contributed by atoms with Crippen molar-refractivity contribution in [3.8, 4) is 0 Å². The van der Waals surface area contributed by atoms with Gasteiger partial charge in [-0.05, 0) is 43.9 Å². The minimum Gasteiger partial charge on any atom is -0.374 e. The molecule has 104 valence electrons. The summed E-state index contributed by atoms with van der Waals surface area (Å²) in [4.78, 5) is 14.2. The van der Waals surface area contributed by atoms with Gasteiger partial charge in [-0.3, -0.25) is 4.79 Å². The fourth-order valence-electron chi connectivity index (χ4n) is 2.55. The molecular weight excluding hydrogens is 243 g/mol. The number of nitrogens with zero attached hydrogens (tertiary/aromatic N) is 1. The van der Waals surface area contributed by atoms with Crippen LogP contribution in [0.4, 0.5) is 10.1 Å². The molecule has 1 aliphatic heterocycles. The monoisotopic (exact) mass is 264 g/mol. The van der Waals surface area contributed by atoms with E-state index in [1.807, 2.05) is 11.8 Å². The van der Waals surface area contributed by atoms with Crippen LogP contribution in [0.3, 0.4) is 0 Å². The van der Waals surface area contributed by atoms with Gasteiger partial charge in [-0.15, -0.1) is 0 Å². The summed E-state index contributed by atoms with van der Waals surface area (Å²) < 4.78 is 13.1. The summed E-state index contributed by atoms with van der Waals surface area (Å²) in [6.45, 7) is 5.66. The van der Waals surface area contributed by atoms with Crippen molar-refractivity contribution in [3.63, 3.8) is 0 Å². The van der Waals surface area contributed by atoms with Crippen molar-refractivity contribution in [1.29, 1.82) is 0 Å². The van der Waals surface area contributed by atoms with Crippen LogP contribution in [0.15, 0.2) is 24.3 Å². The fourth-order valence-corrected chi connectivity index (χ4v) is 2.55. The van der Waals surface area contributed by atoms with Gasteiger partial charge < -0.3 is 10.2 Å². The van der Waals surface area contributed by atoms with Crippen LogP contribution in [0.5, 0.6) is 0 Å². The van der Waals surface area contributed by atoms with Gasteiger partial charge in [0.2, 0.25) is 5.91 Å². The van der Waals surface area contributed by atoms with Crippen molar-refractivity contribution in [1.82, 2.24) is 4.90 Å². The maximum Gasteiger partial charge on any atom is 0.244 e. The van der Waals surface area contributed by atoms with Crippen LogP contribution in [0, 0.1) is 11.7 Å². The number of benzene rings is 1. The maximum absolute atomic E-state index is 13.1. The highest BCUT2D eigenvalue weighted by Gasteiger charge is 2.24. The lowest BCUT2D eigenvalue weighted by Gasteiger charge is -2.33. The SMILES string of the molecule is CC1CCCN(C(=O)C(C)Nc2cccc(F)c2)C1. The van der Waals surface area contributed by atoms with Crippen molar-refractivity contribution in [2.75, 3.05) is 18.4 Å². The normalized spacial score (nSPS) is 21.0. The minimum atomic E-state index is -0.327. The number of carbonyl (C=O) groups excluding carboxylic acids is 1. The zero-order chi connectivity index (χ0) is 13.8. The van der Waals surface area contributed by atoms with Crippen LogP contribution < -0.4 is 5.32 Å². The van der Waals surface area contributed by atoms with Crippen molar-refractivity contribution in [2.45, 2.75) is 32.7 Å². The first-order valence-electron chi connectivity index (χ1n) is 6.87. The van der Waals surface area contributed by atoms with Gasteiger partial charge in [0.15, 0.2) is 0 Å². The molecule has 1 fully saturated rings. The third-order valence-electron chi connectivity index (χ3n) is 3.55. The number of rotatable bonds is 3. The summed E-state index contributed by atoms with van der Waals surface area (Å²) in [6.07, 6.45) is 2.26. The Morgan fingerprint density at radius 1 is 1.53 bits per heavy atom. The molecule has 0 spiro atoms. The molecule has 0 radical (unpaired) electrons. The molecule has 2 unspecified atom stereocenters. The molecule has 3 nitrogen and oxygen atoms in total. The van der Waals surface area contributed by atoms with E-state index in [2.05, 4.69) is 12.2 Å². The third kappa shape index (κ3) is 3.69. The average molecular weight is 264 g/mol. The molecule has 0 aliphatic carbocycles. The molecule has 0 bridgehead atoms. The van der Waals surface area contributed by atoms with Crippen LogP contribution in [-0.4, -0.2) is 29.9 Å². The van der Waals surface area contributed by atoms with Crippen molar-refractivity contribution in [2.24, 2.45) is 5.92 Å². The Morgan fingerprint density at radius 2 is 2.32 bits per heavy atom. The highest BCUT2D eigenvalue weighted by Crippen LogP contribution is 2.17. The van der Waals surface area contributed by atoms with Gasteiger partial charge in [0.05, 0.1) is 0 Å². The molecular formula is C15H21FN2O. The van der Waals surface area contributed by atoms with E-state index < -0.39 is 0 Å². The van der Waals surface area contributed by atoms with Crippen molar-refractivity contribution < 1.29 is 9.18 Å². The lowest BCUT2D eigenvalue weighted by atomic mass is 10.00. The van der Waals surface area contributed by atoms with Gasteiger partial charge >= 0.3 is 0 Å². The molecule has 4 heteroatoms. The van der Waals surface area contributed by atoms with Crippen LogP contribution in [0.2, 0.25) is 0 Å². The van der Waals surface area contributed by atoms with Gasteiger partial charge in [-0.2, -0.15) is 0 Å². The summed E-state index contributed by atoms with van der Waals surface area (Å²) >= 11 is 0. The van der Waals surface area contributed by atoms with Crippen LogP contribution in [-0.2, 0) is 4.79 Å². The van der Waals surface area contributed by atoms with E-state index >= 15 is 0 Å². The first-order chi connectivity index (χ1) is 9.06. The van der Waals surface area contributed by atoms with Gasteiger partial charge in [-0.25, -0.2) is 4.39 Å². The standard InChI is InChI=1S/C15H21FN2O/c1-11-5-4-8-18(10-11)15(19)12(2)17-14-7-3-6-13(16)9-14/h3,6-7,9,11-12,17H,4-5,8,10H2,1-2H3. The number of nitrogens with one attached hydrogen (secondary N) is 1. The lowest BCUT2D eigenvalue weighted by Crippen LogP contribution is -2.45. The summed E-state index contributed by atoms with van der Waals surface area (Å²) in [5, 5.41) is 3.06. The number of hydrogen-bond acceptors (Lipinski definition) is 2. The van der Waals surface area contributed by atoms with E-state index in [0.29, 0.717) is 11.6 Å². The zero-order valence-corrected chi connectivity index (χ0v) is 11.5. The number of anilines is 1. The average Bonchev–Trinajstić information content (AvgIpc) is 2.38. The van der Waals surface area contributed by atoms with Crippen molar-refractivity contribution in [3.05, 3.63) is 30.1 Å². The Kier molecular flexibility index (Phi) is 4.40. The highest BCUT2D eigenvalue weighted by molar-refractivity contribution is 5.84. The van der Waals surface area contributed by atoms with Crippen LogP contribution in [0.25, 0.3) is 0 Å². The van der Waals surface area contributed by atoms with E-state index in [0.717, 1.165) is 19.5 Å². The Morgan fingerprint density at radius 3 is 3.00 bits per heavy atom. The Balaban J connectivity index is 1.95. The smallest absolute Gasteiger partial charge is 0.244 e. The topological polar surface area (TPSA) is 32.3 Å². The van der Waals surface area contributed by atoms with E-state index in [1.54, 1.807) is 12.1 Å². The number of piperidine rings is 1. The Hall–Kier alpha value is -1.58. The van der Waals surface area contributed by atoms with Gasteiger partial charge in [0.1, 0.15) is 11.9 Å². The second-order valence-corrected chi connectivity index (χ2v) is 5.41. The van der Waals surface area contributed by atoms with Gasteiger partial charge in [-0.1, -0.05) is 13.0 Å². The van der Waals surface area contributed by atoms with Gasteiger partial charge in [0.25, 0.3) is 0 Å². The van der Waals surface area contributed by atoms with Crippen molar-refractivity contribution >= 4 is 11.6 Å². The summed E-state index contributed by atoms with van der Waals surface area (Å²) in [6, 6.07) is 5.88. The number of halogens is 1. The molecule has 1 aliphatic rings. The quantitative estimate of drug-likeness (QED) is 0.910. The summed E-state index contributed by atoms with van der Waals surface area (Å²) in [5.74, 6) is 0.367. The zero-order valence-electron chi connectivity index (χ0n) is 11.5. The maximum atomic E-state index is 13.1. The number of carbonyl (C=O) groups is 1. The molecule has 2 atom stereocenters. The third-order valence-corrected chi connectivity index (χ3v) is 3.55. The number of hydrogen-bond donors (Lipinski definition) is 1. The van der Waals surface area contributed by atoms with E-state index in [4.69, 9.17) is 0 Å². The van der Waals surface area contributed by atoms with Crippen LogP contribution >= 0.6 is 0 Å². The molecule has 2 rings (SSSR count). The molecule has 1 N–H and O–H groups in total. The van der Waals surface area contributed by atoms with E-state index in [-0.39, 0.29) is 17.8 Å². The first-order valence-corrected chi connectivity index (χ1v) is 6.87. The molecule has 1 amide bonds. The minimum absolute atomic E-state index is 0.0933. The predicted molar refractivity (Wildman–Crippen MR) is 74.5 cm³/mol. The Bertz CT molecular complexity index is 450. The highest BCUT2D eigenvalue weighted by atomic mass is 19.1. The molecule has 1 aromatic rings. The molecule has 1 saturated heterocycles. The number of amides is 1. The molecule has 19 heavy (non-hydrogen) atoms. The summed E-state index contributed by atoms with van der Waals surface area (Å²) in [7, 11) is 0. The van der Waals surface area contributed by atoms with Crippen LogP contribution in [0.1, 0.15) is 26.7 Å². The van der Waals surface area contributed by atoms with E-state index in [9.17, 15) is 9.18 Å². The first kappa shape index (κ1) is 13.8. The molecule has 0 saturated carbocycles. The molecule has 1 aromatic carbocycles.